The number of benzene rings is 1. The molecule has 1 aromatic carbocycles. The van der Waals surface area contributed by atoms with E-state index < -0.39 is 16.1 Å². The van der Waals surface area contributed by atoms with Crippen LogP contribution in [0.1, 0.15) is 24.4 Å². The molecule has 3 rings (SSSR count). The van der Waals surface area contributed by atoms with Crippen molar-refractivity contribution in [2.75, 3.05) is 6.61 Å². The quantitative estimate of drug-likeness (QED) is 0.868. The topological polar surface area (TPSA) is 97.0 Å². The molecule has 1 unspecified atom stereocenters. The van der Waals surface area contributed by atoms with Crippen molar-refractivity contribution in [3.63, 3.8) is 0 Å². The van der Waals surface area contributed by atoms with Gasteiger partial charge in [-0.25, -0.2) is 18.1 Å². The Morgan fingerprint density at radius 3 is 3.05 bits per heavy atom. The average Bonchev–Trinajstić information content (AvgIpc) is 3.08. The average molecular weight is 294 g/mol. The SMILES string of the molecule is CC(NS(=O)(=O)c1ccc2c(c1)CCO2)c1ncn[nH]1. The molecule has 1 aromatic heterocycles. The number of ether oxygens (including phenoxy) is 1. The molecule has 0 saturated carbocycles. The Kier molecular flexibility index (Phi) is 3.19. The maximum Gasteiger partial charge on any atom is 0.241 e. The van der Waals surface area contributed by atoms with Crippen LogP contribution >= 0.6 is 0 Å². The van der Waals surface area contributed by atoms with Crippen LogP contribution in [0, 0.1) is 0 Å². The van der Waals surface area contributed by atoms with E-state index in [1.54, 1.807) is 25.1 Å². The Labute approximate surface area is 116 Å². The molecule has 106 valence electrons. The fourth-order valence-corrected chi connectivity index (χ4v) is 3.37. The molecule has 7 nitrogen and oxygen atoms in total. The molecule has 8 heteroatoms. The fraction of sp³-hybridized carbons (Fsp3) is 0.333. The van der Waals surface area contributed by atoms with Gasteiger partial charge in [0.25, 0.3) is 0 Å². The monoisotopic (exact) mass is 294 g/mol. The van der Waals surface area contributed by atoms with Gasteiger partial charge >= 0.3 is 0 Å². The van der Waals surface area contributed by atoms with Crippen LogP contribution in [-0.2, 0) is 16.4 Å². The molecule has 0 radical (unpaired) electrons. The molecule has 20 heavy (non-hydrogen) atoms. The second-order valence-electron chi connectivity index (χ2n) is 4.58. The van der Waals surface area contributed by atoms with Crippen molar-refractivity contribution in [3.8, 4) is 5.75 Å². The first-order chi connectivity index (χ1) is 9.56. The second-order valence-corrected chi connectivity index (χ2v) is 6.30. The highest BCUT2D eigenvalue weighted by Gasteiger charge is 2.22. The number of nitrogens with zero attached hydrogens (tertiary/aromatic N) is 2. The molecule has 2 heterocycles. The molecular formula is C12H14N4O3S. The zero-order chi connectivity index (χ0) is 14.2. The van der Waals surface area contributed by atoms with E-state index in [2.05, 4.69) is 19.9 Å². The van der Waals surface area contributed by atoms with Gasteiger partial charge in [0.05, 0.1) is 17.5 Å². The first kappa shape index (κ1) is 13.1. The van der Waals surface area contributed by atoms with E-state index in [0.29, 0.717) is 12.4 Å². The third-order valence-corrected chi connectivity index (χ3v) is 4.69. The van der Waals surface area contributed by atoms with Crippen molar-refractivity contribution in [1.29, 1.82) is 0 Å². The normalized spacial score (nSPS) is 15.7. The zero-order valence-corrected chi connectivity index (χ0v) is 11.6. The zero-order valence-electron chi connectivity index (χ0n) is 10.8. The minimum Gasteiger partial charge on any atom is -0.493 e. The Balaban J connectivity index is 1.85. The summed E-state index contributed by atoms with van der Waals surface area (Å²) in [6, 6.07) is 4.40. The molecule has 0 fully saturated rings. The van der Waals surface area contributed by atoms with Gasteiger partial charge in [0.2, 0.25) is 10.0 Å². The van der Waals surface area contributed by atoms with E-state index in [1.807, 2.05) is 0 Å². The molecule has 0 amide bonds. The summed E-state index contributed by atoms with van der Waals surface area (Å²) in [5.74, 6) is 1.23. The first-order valence-corrected chi connectivity index (χ1v) is 7.68. The lowest BCUT2D eigenvalue weighted by Gasteiger charge is -2.12. The van der Waals surface area contributed by atoms with E-state index in [1.165, 1.54) is 6.33 Å². The molecule has 0 saturated heterocycles. The van der Waals surface area contributed by atoms with Crippen LogP contribution in [-0.4, -0.2) is 30.2 Å². The molecule has 2 aromatic rings. The van der Waals surface area contributed by atoms with Gasteiger partial charge in [0, 0.05) is 6.42 Å². The Morgan fingerprint density at radius 1 is 1.45 bits per heavy atom. The summed E-state index contributed by atoms with van der Waals surface area (Å²) in [5.41, 5.74) is 0.917. The Morgan fingerprint density at radius 2 is 2.30 bits per heavy atom. The lowest BCUT2D eigenvalue weighted by atomic mass is 10.2. The van der Waals surface area contributed by atoms with Gasteiger partial charge in [-0.1, -0.05) is 0 Å². The molecule has 1 aliphatic heterocycles. The number of hydrogen-bond donors (Lipinski definition) is 2. The molecule has 1 atom stereocenters. The van der Waals surface area contributed by atoms with Gasteiger partial charge < -0.3 is 4.74 Å². The highest BCUT2D eigenvalue weighted by Crippen LogP contribution is 2.27. The summed E-state index contributed by atoms with van der Waals surface area (Å²) in [6.07, 6.45) is 2.07. The van der Waals surface area contributed by atoms with Crippen LogP contribution in [0.3, 0.4) is 0 Å². The summed E-state index contributed by atoms with van der Waals surface area (Å²) >= 11 is 0. The second kappa shape index (κ2) is 4.88. The van der Waals surface area contributed by atoms with Gasteiger partial charge in [-0.15, -0.1) is 0 Å². The van der Waals surface area contributed by atoms with Crippen LogP contribution in [0.15, 0.2) is 29.4 Å². The molecule has 0 bridgehead atoms. The number of H-pyrrole nitrogens is 1. The number of sulfonamides is 1. The summed E-state index contributed by atoms with van der Waals surface area (Å²) in [4.78, 5) is 4.17. The predicted molar refractivity (Wildman–Crippen MR) is 70.8 cm³/mol. The number of rotatable bonds is 4. The van der Waals surface area contributed by atoms with Crippen LogP contribution in [0.4, 0.5) is 0 Å². The van der Waals surface area contributed by atoms with Gasteiger partial charge in [0.15, 0.2) is 0 Å². The summed E-state index contributed by atoms with van der Waals surface area (Å²) < 4.78 is 32.6. The first-order valence-electron chi connectivity index (χ1n) is 6.19. The summed E-state index contributed by atoms with van der Waals surface area (Å²) in [7, 11) is -3.60. The molecule has 0 spiro atoms. The summed E-state index contributed by atoms with van der Waals surface area (Å²) in [6.45, 7) is 2.30. The number of fused-ring (bicyclic) bond motifs is 1. The summed E-state index contributed by atoms with van der Waals surface area (Å²) in [5, 5.41) is 6.35. The fourth-order valence-electron chi connectivity index (χ4n) is 2.11. The standard InChI is InChI=1S/C12H14N4O3S/c1-8(12-13-7-14-15-12)16-20(17,18)10-2-3-11-9(6-10)4-5-19-11/h2-3,6-8,16H,4-5H2,1H3,(H,13,14,15). The lowest BCUT2D eigenvalue weighted by molar-refractivity contribution is 0.356. The van der Waals surface area contributed by atoms with Gasteiger partial charge in [-0.3, -0.25) is 5.10 Å². The highest BCUT2D eigenvalue weighted by atomic mass is 32.2. The minimum atomic E-state index is -3.60. The van der Waals surface area contributed by atoms with E-state index in [0.717, 1.165) is 17.7 Å². The van der Waals surface area contributed by atoms with E-state index in [4.69, 9.17) is 4.74 Å². The van der Waals surface area contributed by atoms with E-state index in [9.17, 15) is 8.42 Å². The van der Waals surface area contributed by atoms with Crippen LogP contribution in [0.2, 0.25) is 0 Å². The van der Waals surface area contributed by atoms with Crippen molar-refractivity contribution < 1.29 is 13.2 Å². The third kappa shape index (κ3) is 2.39. The van der Waals surface area contributed by atoms with E-state index in [-0.39, 0.29) is 4.90 Å². The van der Waals surface area contributed by atoms with Crippen molar-refractivity contribution in [3.05, 3.63) is 35.9 Å². The van der Waals surface area contributed by atoms with Crippen molar-refractivity contribution in [2.24, 2.45) is 0 Å². The maximum atomic E-state index is 12.3. The molecule has 1 aliphatic rings. The Bertz CT molecular complexity index is 712. The van der Waals surface area contributed by atoms with Gasteiger partial charge in [-0.2, -0.15) is 5.10 Å². The number of hydrogen-bond acceptors (Lipinski definition) is 5. The van der Waals surface area contributed by atoms with Gasteiger partial charge in [-0.05, 0) is 30.7 Å². The van der Waals surface area contributed by atoms with Crippen LogP contribution in [0.5, 0.6) is 5.75 Å². The largest absolute Gasteiger partial charge is 0.493 e. The minimum absolute atomic E-state index is 0.230. The predicted octanol–water partition coefficient (Wildman–Crippen LogP) is 0.779. The number of nitrogens with one attached hydrogen (secondary N) is 2. The Hall–Kier alpha value is -1.93. The lowest BCUT2D eigenvalue weighted by Crippen LogP contribution is -2.27. The number of aromatic amines is 1. The molecular weight excluding hydrogens is 280 g/mol. The van der Waals surface area contributed by atoms with Crippen LogP contribution < -0.4 is 9.46 Å². The van der Waals surface area contributed by atoms with E-state index >= 15 is 0 Å². The van der Waals surface area contributed by atoms with Crippen LogP contribution in [0.25, 0.3) is 0 Å². The van der Waals surface area contributed by atoms with Crippen molar-refractivity contribution in [2.45, 2.75) is 24.3 Å². The highest BCUT2D eigenvalue weighted by molar-refractivity contribution is 7.89. The molecule has 2 N–H and O–H groups in total. The maximum absolute atomic E-state index is 12.3. The van der Waals surface area contributed by atoms with Crippen molar-refractivity contribution >= 4 is 10.0 Å². The number of aromatic nitrogens is 3. The van der Waals surface area contributed by atoms with Crippen molar-refractivity contribution in [1.82, 2.24) is 19.9 Å². The molecule has 0 aliphatic carbocycles. The smallest absolute Gasteiger partial charge is 0.241 e. The van der Waals surface area contributed by atoms with Gasteiger partial charge in [0.1, 0.15) is 17.9 Å². The third-order valence-electron chi connectivity index (χ3n) is 3.15.